The molecule has 0 bridgehead atoms. The summed E-state index contributed by atoms with van der Waals surface area (Å²) in [6, 6.07) is 19.6. The molecule has 1 aliphatic rings. The van der Waals surface area contributed by atoms with Crippen LogP contribution in [0.2, 0.25) is 0 Å². The summed E-state index contributed by atoms with van der Waals surface area (Å²) in [5, 5.41) is 4.90. The van der Waals surface area contributed by atoms with E-state index in [2.05, 4.69) is 5.32 Å². The monoisotopic (exact) mass is 424 g/mol. The maximum atomic E-state index is 13.0. The maximum absolute atomic E-state index is 13.0. The first-order valence-electron chi connectivity index (χ1n) is 9.89. The summed E-state index contributed by atoms with van der Waals surface area (Å²) in [6.45, 7) is 4.35. The van der Waals surface area contributed by atoms with Crippen molar-refractivity contribution >= 4 is 32.4 Å². The van der Waals surface area contributed by atoms with E-state index in [0.29, 0.717) is 24.3 Å². The molecular formula is C23H24N2O4S. The Kier molecular flexibility index (Phi) is 5.60. The zero-order chi connectivity index (χ0) is 21.3. The Morgan fingerprint density at radius 1 is 0.933 bits per heavy atom. The minimum absolute atomic E-state index is 0.158. The van der Waals surface area contributed by atoms with Crippen LogP contribution in [0.3, 0.4) is 0 Å². The smallest absolute Gasteiger partial charge is 0.255 e. The molecule has 0 saturated carbocycles. The van der Waals surface area contributed by atoms with Gasteiger partial charge in [0.05, 0.1) is 17.1 Å². The van der Waals surface area contributed by atoms with E-state index in [1.807, 2.05) is 56.3 Å². The van der Waals surface area contributed by atoms with Crippen LogP contribution in [0.15, 0.2) is 71.6 Å². The van der Waals surface area contributed by atoms with Crippen molar-refractivity contribution in [3.63, 3.8) is 0 Å². The fraction of sp³-hybridized carbons (Fsp3) is 0.261. The maximum Gasteiger partial charge on any atom is 0.255 e. The molecular weight excluding hydrogens is 400 g/mol. The van der Waals surface area contributed by atoms with Crippen molar-refractivity contribution in [2.75, 3.05) is 18.4 Å². The number of benzene rings is 3. The van der Waals surface area contributed by atoms with Crippen LogP contribution in [0, 0.1) is 0 Å². The Hall–Kier alpha value is -2.74. The number of hydrogen-bond donors (Lipinski definition) is 1. The second kappa shape index (κ2) is 8.18. The predicted molar refractivity (Wildman–Crippen MR) is 117 cm³/mol. The van der Waals surface area contributed by atoms with Crippen molar-refractivity contribution < 1.29 is 17.9 Å². The first-order chi connectivity index (χ1) is 14.3. The Bertz CT molecular complexity index is 1160. The molecule has 1 aliphatic heterocycles. The van der Waals surface area contributed by atoms with Crippen molar-refractivity contribution in [2.45, 2.75) is 31.0 Å². The molecule has 0 spiro atoms. The van der Waals surface area contributed by atoms with Gasteiger partial charge in [-0.3, -0.25) is 4.79 Å². The third-order valence-corrected chi connectivity index (χ3v) is 7.02. The summed E-state index contributed by atoms with van der Waals surface area (Å²) < 4.78 is 33.0. The summed E-state index contributed by atoms with van der Waals surface area (Å²) in [5.41, 5.74) is 1.11. The van der Waals surface area contributed by atoms with Crippen molar-refractivity contribution in [3.8, 4) is 0 Å². The average Bonchev–Trinajstić information content (AvgIpc) is 2.73. The molecule has 6 nitrogen and oxygen atoms in total. The molecule has 156 valence electrons. The predicted octanol–water partition coefficient (Wildman–Crippen LogP) is 3.89. The number of carbonyl (C=O) groups excluding carboxylic acids is 1. The molecule has 4 rings (SSSR count). The molecule has 3 aromatic rings. The highest BCUT2D eigenvalue weighted by atomic mass is 32.2. The molecule has 3 aromatic carbocycles. The second-order valence-corrected chi connectivity index (χ2v) is 9.52. The molecule has 2 atom stereocenters. The molecule has 0 radical (unpaired) electrons. The minimum Gasteiger partial charge on any atom is -0.373 e. The molecule has 0 unspecified atom stereocenters. The van der Waals surface area contributed by atoms with E-state index in [1.165, 1.54) is 16.4 Å². The van der Waals surface area contributed by atoms with Gasteiger partial charge in [0.2, 0.25) is 10.0 Å². The van der Waals surface area contributed by atoms with Gasteiger partial charge in [-0.15, -0.1) is 0 Å². The van der Waals surface area contributed by atoms with Gasteiger partial charge >= 0.3 is 0 Å². The van der Waals surface area contributed by atoms with Gasteiger partial charge in [-0.05, 0) is 49.6 Å². The van der Waals surface area contributed by atoms with Crippen LogP contribution >= 0.6 is 0 Å². The molecule has 0 aliphatic carbocycles. The Morgan fingerprint density at radius 2 is 1.57 bits per heavy atom. The third-order valence-electron chi connectivity index (χ3n) is 5.18. The van der Waals surface area contributed by atoms with Crippen molar-refractivity contribution in [3.05, 3.63) is 72.3 Å². The van der Waals surface area contributed by atoms with Crippen molar-refractivity contribution in [2.24, 2.45) is 0 Å². The van der Waals surface area contributed by atoms with Gasteiger partial charge < -0.3 is 10.1 Å². The van der Waals surface area contributed by atoms with Crippen LogP contribution < -0.4 is 5.32 Å². The lowest BCUT2D eigenvalue weighted by atomic mass is 10.1. The highest BCUT2D eigenvalue weighted by Gasteiger charge is 2.32. The Morgan fingerprint density at radius 3 is 2.27 bits per heavy atom. The third kappa shape index (κ3) is 4.09. The Labute approximate surface area is 176 Å². The summed E-state index contributed by atoms with van der Waals surface area (Å²) in [7, 11) is -3.64. The highest BCUT2D eigenvalue weighted by molar-refractivity contribution is 7.89. The Balaban J connectivity index is 1.53. The number of hydrogen-bond acceptors (Lipinski definition) is 4. The number of amides is 1. The quantitative estimate of drug-likeness (QED) is 0.689. The fourth-order valence-corrected chi connectivity index (χ4v) is 5.37. The topological polar surface area (TPSA) is 75.7 Å². The van der Waals surface area contributed by atoms with Gasteiger partial charge in [-0.2, -0.15) is 4.31 Å². The molecule has 1 saturated heterocycles. The van der Waals surface area contributed by atoms with E-state index in [-0.39, 0.29) is 23.0 Å². The lowest BCUT2D eigenvalue weighted by molar-refractivity contribution is -0.0440. The lowest BCUT2D eigenvalue weighted by Gasteiger charge is -2.34. The highest BCUT2D eigenvalue weighted by Crippen LogP contribution is 2.25. The normalized spacial score (nSPS) is 20.2. The van der Waals surface area contributed by atoms with Crippen LogP contribution in [0.1, 0.15) is 24.2 Å². The second-order valence-electron chi connectivity index (χ2n) is 7.58. The molecule has 30 heavy (non-hydrogen) atoms. The van der Waals surface area contributed by atoms with Gasteiger partial charge in [-0.1, -0.05) is 36.4 Å². The summed E-state index contributed by atoms with van der Waals surface area (Å²) >= 11 is 0. The zero-order valence-electron chi connectivity index (χ0n) is 16.9. The van der Waals surface area contributed by atoms with Crippen LogP contribution in [0.25, 0.3) is 10.8 Å². The number of carbonyl (C=O) groups is 1. The van der Waals surface area contributed by atoms with Gasteiger partial charge in [0.25, 0.3) is 5.91 Å². The van der Waals surface area contributed by atoms with E-state index >= 15 is 0 Å². The summed E-state index contributed by atoms with van der Waals surface area (Å²) in [5.74, 6) is -0.288. The van der Waals surface area contributed by atoms with Crippen LogP contribution in [0.4, 0.5) is 5.69 Å². The van der Waals surface area contributed by atoms with Gasteiger partial charge in [-0.25, -0.2) is 8.42 Å². The fourth-order valence-electron chi connectivity index (χ4n) is 3.78. The molecule has 0 aromatic heterocycles. The van der Waals surface area contributed by atoms with Gasteiger partial charge in [0.15, 0.2) is 0 Å². The molecule has 1 amide bonds. The van der Waals surface area contributed by atoms with Crippen LogP contribution in [-0.2, 0) is 14.8 Å². The lowest BCUT2D eigenvalue weighted by Crippen LogP contribution is -2.48. The molecule has 1 heterocycles. The zero-order valence-corrected chi connectivity index (χ0v) is 17.7. The summed E-state index contributed by atoms with van der Waals surface area (Å²) in [6.07, 6.45) is -0.316. The largest absolute Gasteiger partial charge is 0.373 e. The molecule has 1 fully saturated rings. The first kappa shape index (κ1) is 20.5. The number of nitrogens with zero attached hydrogens (tertiary/aromatic N) is 1. The number of rotatable bonds is 4. The van der Waals surface area contributed by atoms with Gasteiger partial charge in [0, 0.05) is 29.7 Å². The average molecular weight is 425 g/mol. The minimum atomic E-state index is -3.64. The molecule has 7 heteroatoms. The van der Waals surface area contributed by atoms with E-state index in [1.54, 1.807) is 12.1 Å². The number of morpholine rings is 1. The van der Waals surface area contributed by atoms with E-state index in [4.69, 9.17) is 4.74 Å². The number of nitrogens with one attached hydrogen (secondary N) is 1. The number of anilines is 1. The number of fused-ring (bicyclic) bond motifs is 1. The van der Waals surface area contributed by atoms with Crippen molar-refractivity contribution in [1.29, 1.82) is 0 Å². The van der Waals surface area contributed by atoms with E-state index in [9.17, 15) is 13.2 Å². The van der Waals surface area contributed by atoms with E-state index < -0.39 is 10.0 Å². The summed E-state index contributed by atoms with van der Waals surface area (Å²) in [4.78, 5) is 12.9. The number of ether oxygens (including phenoxy) is 1. The van der Waals surface area contributed by atoms with Crippen molar-refractivity contribution in [1.82, 2.24) is 4.31 Å². The standard InChI is InChI=1S/C23H24N2O4S/c1-16-14-25(15-17(2)29-16)30(27,28)20-12-10-19(11-13-20)23(26)24-22-9-5-7-18-6-3-4-8-21(18)22/h3-13,16-17H,14-15H2,1-2H3,(H,24,26)/t16-,17+. The van der Waals surface area contributed by atoms with E-state index in [0.717, 1.165) is 10.8 Å². The first-order valence-corrected chi connectivity index (χ1v) is 11.3. The van der Waals surface area contributed by atoms with Crippen LogP contribution in [0.5, 0.6) is 0 Å². The number of sulfonamides is 1. The van der Waals surface area contributed by atoms with Crippen LogP contribution in [-0.4, -0.2) is 43.9 Å². The SMILES string of the molecule is C[C@@H]1CN(S(=O)(=O)c2ccc(C(=O)Nc3cccc4ccccc34)cc2)C[C@H](C)O1. The van der Waals surface area contributed by atoms with Gasteiger partial charge in [0.1, 0.15) is 0 Å². The molecule has 1 N–H and O–H groups in total.